The van der Waals surface area contributed by atoms with Crippen LogP contribution in [0.3, 0.4) is 0 Å². The smallest absolute Gasteiger partial charge is 0.254 e. The molecule has 2 aliphatic heterocycles. The Morgan fingerprint density at radius 1 is 0.879 bits per heavy atom. The predicted octanol–water partition coefficient (Wildman–Crippen LogP) is 6.84. The molecule has 354 valence electrons. The van der Waals surface area contributed by atoms with Gasteiger partial charge in [-0.05, 0) is 93.2 Å². The van der Waals surface area contributed by atoms with Gasteiger partial charge in [0.25, 0.3) is 5.88 Å². The molecule has 3 atom stereocenters. The molecule has 66 heavy (non-hydrogen) atoms. The summed E-state index contributed by atoms with van der Waals surface area (Å²) in [7, 11) is 1.74. The van der Waals surface area contributed by atoms with Gasteiger partial charge in [0, 0.05) is 42.8 Å². The zero-order valence-electron chi connectivity index (χ0n) is 37.8. The number of aromatic nitrogens is 3. The Balaban J connectivity index is 0.699. The molecule has 2 amide bonds. The van der Waals surface area contributed by atoms with E-state index in [2.05, 4.69) is 25.7 Å². The molecule has 6 heterocycles. The molecule has 2 saturated heterocycles. The lowest BCUT2D eigenvalue weighted by Crippen LogP contribution is -2.55. The lowest BCUT2D eigenvalue weighted by atomic mass is 9.83. The molecule has 1 saturated carbocycles. The maximum atomic E-state index is 14.2. The van der Waals surface area contributed by atoms with Gasteiger partial charge >= 0.3 is 0 Å². The second kappa shape index (κ2) is 23.7. The number of likely N-dealkylation sites (tertiary alicyclic amines) is 2. The van der Waals surface area contributed by atoms with Crippen molar-refractivity contribution in [3.05, 3.63) is 81.4 Å². The summed E-state index contributed by atoms with van der Waals surface area (Å²) in [6, 6.07) is 11.6. The number of thiazole rings is 1. The highest BCUT2D eigenvalue weighted by molar-refractivity contribution is 7.17. The minimum absolute atomic E-state index is 0.0547. The van der Waals surface area contributed by atoms with Gasteiger partial charge in [-0.25, -0.2) is 4.98 Å². The molecule has 0 bridgehead atoms. The Bertz CT molecular complexity index is 2340. The number of hydrogen-bond acceptors (Lipinski definition) is 16. The molecule has 1 aliphatic carbocycles. The molecule has 0 radical (unpaired) electrons. The van der Waals surface area contributed by atoms with Gasteiger partial charge in [-0.3, -0.25) is 24.3 Å². The van der Waals surface area contributed by atoms with Crippen LogP contribution < -0.4 is 24.8 Å². The number of amides is 2. The fraction of sp³-hybridized carbons (Fsp3) is 0.542. The summed E-state index contributed by atoms with van der Waals surface area (Å²) in [6.45, 7) is 7.00. The van der Waals surface area contributed by atoms with Gasteiger partial charge in [-0.1, -0.05) is 31.4 Å². The molecule has 2 N–H and O–H groups in total. The van der Waals surface area contributed by atoms with E-state index in [4.69, 9.17) is 33.2 Å². The first-order valence-electron chi connectivity index (χ1n) is 23.3. The number of likely N-dealkylation sites (N-methyl/N-ethyl adjacent to an activating group) is 1. The van der Waals surface area contributed by atoms with Crippen LogP contribution in [-0.4, -0.2) is 127 Å². The van der Waals surface area contributed by atoms with E-state index >= 15 is 0 Å². The fourth-order valence-electron chi connectivity index (χ4n) is 8.85. The lowest BCUT2D eigenvalue weighted by Gasteiger charge is -2.35. The van der Waals surface area contributed by atoms with E-state index in [0.717, 1.165) is 97.6 Å². The van der Waals surface area contributed by atoms with Crippen molar-refractivity contribution in [2.75, 3.05) is 66.3 Å². The molecule has 3 fully saturated rings. The number of rotatable bonds is 23. The molecule has 1 aromatic carbocycles. The molecule has 0 spiro atoms. The van der Waals surface area contributed by atoms with Gasteiger partial charge in [0.1, 0.15) is 47.6 Å². The third-order valence-corrected chi connectivity index (χ3v) is 14.4. The average molecular weight is 944 g/mol. The summed E-state index contributed by atoms with van der Waals surface area (Å²) < 4.78 is 36.0. The summed E-state index contributed by atoms with van der Waals surface area (Å²) in [6.07, 6.45) is 10.5. The number of nitrogens with zero attached hydrogens (tertiary/aromatic N) is 5. The van der Waals surface area contributed by atoms with E-state index in [1.165, 1.54) is 11.3 Å². The number of pyridine rings is 1. The number of carbonyl (C=O) groups excluding carboxylic acids is 3. The van der Waals surface area contributed by atoms with Crippen LogP contribution >= 0.6 is 22.7 Å². The highest BCUT2D eigenvalue weighted by Crippen LogP contribution is 2.37. The van der Waals surface area contributed by atoms with E-state index in [-0.39, 0.29) is 35.7 Å². The molecule has 0 unspecified atom stereocenters. The van der Waals surface area contributed by atoms with Gasteiger partial charge in [-0.15, -0.1) is 22.7 Å². The number of ketones is 1. The topological polar surface area (TPSA) is 180 Å². The molecule has 8 rings (SSSR count). The SMILES string of the molecule is CN[C@@H](C)C(=O)N[C@H](C(=O)N1CCC[C@H]1c1nc(C(=O)c2cccc(OCCOCCOCCOc3cc(CN4CCC(Oc5ccnc6ccsc56)CC4)on3)c2)cs1)C1CCCCC1. The van der Waals surface area contributed by atoms with Crippen LogP contribution in [-0.2, 0) is 25.6 Å². The predicted molar refractivity (Wildman–Crippen MR) is 250 cm³/mol. The third kappa shape index (κ3) is 12.5. The van der Waals surface area contributed by atoms with Crippen LogP contribution in [0.4, 0.5) is 0 Å². The molecule has 5 aromatic rings. The van der Waals surface area contributed by atoms with Crippen LogP contribution in [0.25, 0.3) is 10.2 Å². The Morgan fingerprint density at radius 3 is 2.47 bits per heavy atom. The largest absolute Gasteiger partial charge is 0.491 e. The quantitative estimate of drug-likeness (QED) is 0.0513. The van der Waals surface area contributed by atoms with Crippen molar-refractivity contribution < 1.29 is 42.6 Å². The number of nitrogens with one attached hydrogen (secondary N) is 2. The standard InChI is InChI=1S/C48H61N7O9S2/c1-32(49-2)46(57)52-43(33-8-4-3-5-9-33)48(58)55-18-7-12-40(55)47-51-39(31-66-47)44(56)34-10-6-11-36(28-34)61-25-23-59-21-22-60-24-26-62-42-29-37(64-53-42)30-54-19-14-35(15-20-54)63-41-13-17-50-38-16-27-65-45(38)41/h6,10-11,13,16-17,27-29,31-33,35,40,43,49H,3-5,7-9,12,14-15,18-26,30H2,1-2H3,(H,52,57)/t32-,40-,43-/m0/s1. The van der Waals surface area contributed by atoms with Gasteiger partial charge in [0.05, 0.1) is 55.3 Å². The van der Waals surface area contributed by atoms with Gasteiger partial charge in [-0.2, -0.15) is 0 Å². The summed E-state index contributed by atoms with van der Waals surface area (Å²) in [5, 5.41) is 14.7. The normalized spacial score (nSPS) is 18.3. The zero-order valence-corrected chi connectivity index (χ0v) is 39.5. The monoisotopic (exact) mass is 943 g/mol. The number of piperidine rings is 1. The number of thiophene rings is 1. The molecule has 16 nitrogen and oxygen atoms in total. The summed E-state index contributed by atoms with van der Waals surface area (Å²) in [5.74, 6) is 2.32. The van der Waals surface area contributed by atoms with Gasteiger partial charge < -0.3 is 43.7 Å². The van der Waals surface area contributed by atoms with Crippen molar-refractivity contribution in [1.29, 1.82) is 0 Å². The van der Waals surface area contributed by atoms with E-state index in [9.17, 15) is 14.4 Å². The van der Waals surface area contributed by atoms with Crippen molar-refractivity contribution in [3.8, 4) is 17.4 Å². The van der Waals surface area contributed by atoms with Crippen LogP contribution in [0.15, 0.2) is 63.9 Å². The zero-order chi connectivity index (χ0) is 45.7. The van der Waals surface area contributed by atoms with E-state index < -0.39 is 12.1 Å². The highest BCUT2D eigenvalue weighted by Gasteiger charge is 2.40. The summed E-state index contributed by atoms with van der Waals surface area (Å²) in [5.41, 5.74) is 1.77. The van der Waals surface area contributed by atoms with Crippen LogP contribution in [0.2, 0.25) is 0 Å². The Hall–Kier alpha value is -4.98. The molecule has 3 aliphatic rings. The average Bonchev–Trinajstić information content (AvgIpc) is 4.20. The second-order valence-electron chi connectivity index (χ2n) is 17.1. The minimum Gasteiger partial charge on any atom is -0.491 e. The first-order valence-corrected chi connectivity index (χ1v) is 25.0. The van der Waals surface area contributed by atoms with Crippen LogP contribution in [0, 0.1) is 5.92 Å². The van der Waals surface area contributed by atoms with Crippen LogP contribution in [0.5, 0.6) is 17.4 Å². The fourth-order valence-corrected chi connectivity index (χ4v) is 10.6. The molecular weight excluding hydrogens is 883 g/mol. The second-order valence-corrected chi connectivity index (χ2v) is 18.9. The Morgan fingerprint density at radius 2 is 1.67 bits per heavy atom. The number of carbonyl (C=O) groups is 3. The summed E-state index contributed by atoms with van der Waals surface area (Å²) in [4.78, 5) is 54.1. The Labute approximate surface area is 393 Å². The minimum atomic E-state index is -0.576. The first kappa shape index (κ1) is 47.5. The van der Waals surface area contributed by atoms with Crippen molar-refractivity contribution in [2.45, 2.75) is 95.5 Å². The number of fused-ring (bicyclic) bond motifs is 1. The number of hydrogen-bond donors (Lipinski definition) is 2. The molecule has 18 heteroatoms. The van der Waals surface area contributed by atoms with Crippen molar-refractivity contribution in [1.82, 2.24) is 35.6 Å². The third-order valence-electron chi connectivity index (χ3n) is 12.6. The number of benzene rings is 1. The molecular formula is C48H61N7O9S2. The van der Waals surface area contributed by atoms with E-state index in [0.29, 0.717) is 75.6 Å². The van der Waals surface area contributed by atoms with Crippen molar-refractivity contribution >= 4 is 50.5 Å². The van der Waals surface area contributed by atoms with Gasteiger partial charge in [0.2, 0.25) is 17.6 Å². The highest BCUT2D eigenvalue weighted by atomic mass is 32.1. The number of ether oxygens (including phenoxy) is 5. The maximum Gasteiger partial charge on any atom is 0.254 e. The lowest BCUT2D eigenvalue weighted by molar-refractivity contribution is -0.139. The van der Waals surface area contributed by atoms with E-state index in [1.54, 1.807) is 61.2 Å². The summed E-state index contributed by atoms with van der Waals surface area (Å²) >= 11 is 3.06. The van der Waals surface area contributed by atoms with Crippen molar-refractivity contribution in [2.24, 2.45) is 5.92 Å². The maximum absolute atomic E-state index is 14.2. The van der Waals surface area contributed by atoms with Crippen molar-refractivity contribution in [3.63, 3.8) is 0 Å². The molecule has 4 aromatic heterocycles. The first-order chi connectivity index (χ1) is 32.3. The Kier molecular flexibility index (Phi) is 17.0. The van der Waals surface area contributed by atoms with E-state index in [1.807, 2.05) is 28.5 Å². The van der Waals surface area contributed by atoms with Crippen LogP contribution in [0.1, 0.15) is 97.6 Å². The van der Waals surface area contributed by atoms with Gasteiger partial charge in [0.15, 0.2) is 5.76 Å².